The summed E-state index contributed by atoms with van der Waals surface area (Å²) < 4.78 is 87.6. The number of rotatable bonds is 2. The minimum absolute atomic E-state index is 0.0454. The third kappa shape index (κ3) is 3.11. The fourth-order valence-corrected chi connectivity index (χ4v) is 6.83. The third-order valence-electron chi connectivity index (χ3n) is 8.68. The van der Waals surface area contributed by atoms with Crippen molar-refractivity contribution in [2.45, 2.75) is 0 Å². The Morgan fingerprint density at radius 2 is 1.09 bits per heavy atom. The summed E-state index contributed by atoms with van der Waals surface area (Å²) in [5.74, 6) is 1.47. The highest BCUT2D eigenvalue weighted by Crippen LogP contribution is 2.51. The van der Waals surface area contributed by atoms with Crippen LogP contribution in [0.1, 0.15) is 12.3 Å². The third-order valence-corrected chi connectivity index (χ3v) is 8.68. The molecule has 0 N–H and O–H groups in total. The first-order valence-corrected chi connectivity index (χ1v) is 14.1. The van der Waals surface area contributed by atoms with E-state index in [-0.39, 0.29) is 62.1 Å². The summed E-state index contributed by atoms with van der Waals surface area (Å²) in [4.78, 5) is 0. The van der Waals surface area contributed by atoms with Crippen LogP contribution in [0.3, 0.4) is 0 Å². The minimum atomic E-state index is -0.495. The molecule has 0 saturated heterocycles. The lowest BCUT2D eigenvalue weighted by Crippen LogP contribution is -1.98. The molecule has 1 aliphatic heterocycles. The Balaban J connectivity index is 1.42. The highest BCUT2D eigenvalue weighted by molar-refractivity contribution is 6.26. The molecule has 1 heterocycles. The molecular formula is C42H24O. The maximum atomic E-state index is 9.52. The summed E-state index contributed by atoms with van der Waals surface area (Å²) in [6, 6.07) is 26.2. The van der Waals surface area contributed by atoms with Crippen molar-refractivity contribution in [3.8, 4) is 44.9 Å². The summed E-state index contributed by atoms with van der Waals surface area (Å²) in [5.41, 5.74) is 4.32. The lowest BCUT2D eigenvalue weighted by atomic mass is 9.83. The number of fused-ring (bicyclic) bond motifs is 3. The summed E-state index contributed by atoms with van der Waals surface area (Å²) in [7, 11) is 0. The summed E-state index contributed by atoms with van der Waals surface area (Å²) in [6.45, 7) is 0. The lowest BCUT2D eigenvalue weighted by Gasteiger charge is -2.24. The molecule has 0 unspecified atom stereocenters. The van der Waals surface area contributed by atoms with E-state index >= 15 is 0 Å². The fraction of sp³-hybridized carbons (Fsp3) is 0. The maximum absolute atomic E-state index is 9.52. The van der Waals surface area contributed by atoms with Gasteiger partial charge >= 0.3 is 0 Å². The highest BCUT2D eigenvalue weighted by atomic mass is 16.5. The second-order valence-electron chi connectivity index (χ2n) is 10.9. The molecule has 0 amide bonds. The predicted octanol–water partition coefficient (Wildman–Crippen LogP) is 12.0. The number of hydrogen-bond acceptors (Lipinski definition) is 1. The Kier molecular flexibility index (Phi) is 3.16. The fourth-order valence-electron chi connectivity index (χ4n) is 6.83. The first-order chi connectivity index (χ1) is 25.1. The molecule has 0 spiro atoms. The molecule has 0 aliphatic carbocycles. The van der Waals surface area contributed by atoms with Gasteiger partial charge in [0.2, 0.25) is 0 Å². The zero-order valence-electron chi connectivity index (χ0n) is 31.6. The second kappa shape index (κ2) is 8.44. The van der Waals surface area contributed by atoms with Crippen molar-refractivity contribution in [2.75, 3.05) is 0 Å². The average molecular weight is 554 g/mol. The van der Waals surface area contributed by atoms with Gasteiger partial charge in [-0.3, -0.25) is 0 Å². The number of ether oxygens (including phenoxy) is 1. The Hall–Kier alpha value is -5.66. The van der Waals surface area contributed by atoms with Gasteiger partial charge in [0.1, 0.15) is 11.5 Å². The normalized spacial score (nSPS) is 15.3. The van der Waals surface area contributed by atoms with Gasteiger partial charge in [-0.1, -0.05) is 127 Å². The van der Waals surface area contributed by atoms with Gasteiger partial charge in [-0.15, -0.1) is 0 Å². The van der Waals surface area contributed by atoms with Gasteiger partial charge in [0, 0.05) is 10.9 Å². The number of para-hydroxylation sites is 1. The molecule has 0 saturated carbocycles. The van der Waals surface area contributed by atoms with Crippen molar-refractivity contribution < 1.29 is 17.1 Å². The van der Waals surface area contributed by atoms with Crippen LogP contribution >= 0.6 is 0 Å². The molecule has 1 aliphatic rings. The maximum Gasteiger partial charge on any atom is 0.135 e. The van der Waals surface area contributed by atoms with Crippen LogP contribution < -0.4 is 4.74 Å². The highest BCUT2D eigenvalue weighted by Gasteiger charge is 2.23. The molecule has 9 aromatic carbocycles. The van der Waals surface area contributed by atoms with Crippen LogP contribution in [0, 0.1) is 0 Å². The molecule has 9 aromatic rings. The van der Waals surface area contributed by atoms with Crippen molar-refractivity contribution >= 4 is 53.9 Å². The van der Waals surface area contributed by atoms with Crippen LogP contribution in [0.4, 0.5) is 0 Å². The van der Waals surface area contributed by atoms with Crippen LogP contribution in [0.2, 0.25) is 0 Å². The van der Waals surface area contributed by atoms with Crippen molar-refractivity contribution in [3.63, 3.8) is 0 Å². The van der Waals surface area contributed by atoms with Gasteiger partial charge in [0.05, 0.1) is 12.3 Å². The van der Waals surface area contributed by atoms with Crippen LogP contribution in [0.5, 0.6) is 11.5 Å². The molecule has 0 radical (unpaired) electrons. The quantitative estimate of drug-likeness (QED) is 0.193. The van der Waals surface area contributed by atoms with Crippen molar-refractivity contribution in [1.29, 1.82) is 0 Å². The van der Waals surface area contributed by atoms with Crippen LogP contribution in [-0.4, -0.2) is 0 Å². The molecule has 1 heteroatoms. The lowest BCUT2D eigenvalue weighted by molar-refractivity contribution is 0.487. The van der Waals surface area contributed by atoms with Crippen molar-refractivity contribution in [2.24, 2.45) is 0 Å². The molecule has 0 aromatic heterocycles. The molecule has 10 rings (SSSR count). The zero-order valence-corrected chi connectivity index (χ0v) is 22.6. The van der Waals surface area contributed by atoms with E-state index in [2.05, 4.69) is 6.07 Å². The van der Waals surface area contributed by atoms with Gasteiger partial charge in [-0.2, -0.15) is 0 Å². The number of benzene rings is 9. The topological polar surface area (TPSA) is 9.23 Å². The SMILES string of the molecule is [2H]c1c([2H])c2c([2H])c([2H])c3c([2H])c([2H])c(-c4ccc5ccccc5c4-c4ccc5c6c(cccc46)-c4ccccc4O5)c4c([2H])c([2H])c(c1[2H])c2c34. The number of hydrogen-bond donors (Lipinski definition) is 0. The van der Waals surface area contributed by atoms with Crippen molar-refractivity contribution in [1.82, 2.24) is 0 Å². The Morgan fingerprint density at radius 3 is 2.02 bits per heavy atom. The zero-order chi connectivity index (χ0) is 35.9. The van der Waals surface area contributed by atoms with Gasteiger partial charge < -0.3 is 4.74 Å². The second-order valence-corrected chi connectivity index (χ2v) is 10.9. The van der Waals surface area contributed by atoms with Gasteiger partial charge in [0.25, 0.3) is 0 Å². The molecule has 0 fully saturated rings. The molecule has 1 nitrogen and oxygen atoms in total. The molecule has 43 heavy (non-hydrogen) atoms. The van der Waals surface area contributed by atoms with E-state index in [1.165, 1.54) is 0 Å². The van der Waals surface area contributed by atoms with Crippen LogP contribution in [-0.2, 0) is 0 Å². The Labute approximate surface area is 261 Å². The van der Waals surface area contributed by atoms with Crippen molar-refractivity contribution in [3.05, 3.63) is 145 Å². The van der Waals surface area contributed by atoms with E-state index < -0.39 is 30.2 Å². The average Bonchev–Trinajstić information content (AvgIpc) is 3.16. The van der Waals surface area contributed by atoms with Gasteiger partial charge in [-0.05, 0) is 94.5 Å². The van der Waals surface area contributed by atoms with E-state index in [9.17, 15) is 4.11 Å². The van der Waals surface area contributed by atoms with E-state index in [1.54, 1.807) is 0 Å². The Morgan fingerprint density at radius 1 is 0.372 bits per heavy atom. The molecule has 0 bridgehead atoms. The van der Waals surface area contributed by atoms with E-state index in [1.807, 2.05) is 84.9 Å². The summed E-state index contributed by atoms with van der Waals surface area (Å²) in [5, 5.41) is 3.89. The first kappa shape index (κ1) is 16.1. The smallest absolute Gasteiger partial charge is 0.135 e. The predicted molar refractivity (Wildman–Crippen MR) is 182 cm³/mol. The standard InChI is InChI=1S/C42H24O/c1-2-10-29-25(7-1)17-21-35(30-20-18-28-16-15-26-8-5-9-27-19-22-34(30)40(28)39(26)27)41(29)36-23-24-38-42-32(12-6-13-33(36)42)31-11-3-4-14-37(31)43-38/h1-24H/i5D,8D,9D,15D,16D,18D,19D,20D,22D. The minimum Gasteiger partial charge on any atom is -0.456 e. The van der Waals surface area contributed by atoms with E-state index in [0.29, 0.717) is 11.3 Å². The summed E-state index contributed by atoms with van der Waals surface area (Å²) in [6.07, 6.45) is 0. The van der Waals surface area contributed by atoms with Crippen LogP contribution in [0.15, 0.2) is 145 Å². The van der Waals surface area contributed by atoms with Crippen LogP contribution in [0.25, 0.3) is 87.2 Å². The van der Waals surface area contributed by atoms with Gasteiger partial charge in [-0.25, -0.2) is 0 Å². The van der Waals surface area contributed by atoms with Gasteiger partial charge in [0.15, 0.2) is 0 Å². The Bertz CT molecular complexity index is 3070. The molecular weight excluding hydrogens is 520 g/mol. The molecule has 198 valence electrons. The van der Waals surface area contributed by atoms with E-state index in [4.69, 9.17) is 13.0 Å². The van der Waals surface area contributed by atoms with E-state index in [0.717, 1.165) is 49.5 Å². The summed E-state index contributed by atoms with van der Waals surface area (Å²) >= 11 is 0. The molecule has 0 atom stereocenters. The largest absolute Gasteiger partial charge is 0.456 e. The monoisotopic (exact) mass is 553 g/mol. The first-order valence-electron chi connectivity index (χ1n) is 18.6.